The number of hydrogen-bond acceptors (Lipinski definition) is 5. The summed E-state index contributed by atoms with van der Waals surface area (Å²) in [6.07, 6.45) is -4.89. The van der Waals surface area contributed by atoms with Crippen LogP contribution in [0.2, 0.25) is 0 Å². The first-order chi connectivity index (χ1) is 14.0. The van der Waals surface area contributed by atoms with E-state index in [9.17, 15) is 31.9 Å². The van der Waals surface area contributed by atoms with Crippen LogP contribution in [0.5, 0.6) is 0 Å². The molecular weight excluding hydrogens is 419 g/mol. The van der Waals surface area contributed by atoms with Gasteiger partial charge in [0.15, 0.2) is 11.6 Å². The molecule has 168 valence electrons. The van der Waals surface area contributed by atoms with Crippen LogP contribution in [0.1, 0.15) is 18.4 Å². The number of benzene rings is 1. The van der Waals surface area contributed by atoms with Gasteiger partial charge in [0.25, 0.3) is 0 Å². The summed E-state index contributed by atoms with van der Waals surface area (Å²) in [6.45, 7) is 0.759. The Morgan fingerprint density at radius 2 is 1.87 bits per heavy atom. The number of aliphatic hydroxyl groups excluding tert-OH is 2. The molecule has 0 aromatic heterocycles. The highest BCUT2D eigenvalue weighted by Crippen LogP contribution is 2.34. The molecule has 1 amide bonds. The number of fused-ring (bicyclic) bond motifs is 1. The second kappa shape index (κ2) is 9.67. The molecule has 3 N–H and O–H groups in total. The molecule has 0 spiro atoms. The van der Waals surface area contributed by atoms with Gasteiger partial charge in [0.05, 0.1) is 12.7 Å². The van der Waals surface area contributed by atoms with Gasteiger partial charge in [-0.25, -0.2) is 13.6 Å². The number of aliphatic carboxylic acids is 1. The normalized spacial score (nSPS) is 22.5. The van der Waals surface area contributed by atoms with Crippen LogP contribution < -0.4 is 0 Å². The molecule has 2 aliphatic rings. The van der Waals surface area contributed by atoms with Gasteiger partial charge in [0, 0.05) is 43.7 Å². The van der Waals surface area contributed by atoms with Crippen LogP contribution in [0, 0.1) is 11.6 Å². The van der Waals surface area contributed by atoms with E-state index in [-0.39, 0.29) is 36.7 Å². The fourth-order valence-electron chi connectivity index (χ4n) is 3.62. The largest absolute Gasteiger partial charge is 0.490 e. The number of hydrogen-bond donors (Lipinski definition) is 3. The molecular formula is C18H21F5N2O5. The van der Waals surface area contributed by atoms with Crippen molar-refractivity contribution in [1.82, 2.24) is 9.80 Å². The summed E-state index contributed by atoms with van der Waals surface area (Å²) in [6, 6.07) is 3.88. The van der Waals surface area contributed by atoms with E-state index < -0.39 is 29.9 Å². The monoisotopic (exact) mass is 440 g/mol. The van der Waals surface area contributed by atoms with Crippen molar-refractivity contribution in [2.45, 2.75) is 43.8 Å². The number of halogens is 5. The van der Waals surface area contributed by atoms with Crippen molar-refractivity contribution in [1.29, 1.82) is 0 Å². The van der Waals surface area contributed by atoms with Gasteiger partial charge in [-0.2, -0.15) is 13.2 Å². The second-order valence-corrected chi connectivity index (χ2v) is 7.00. The Morgan fingerprint density at radius 1 is 1.23 bits per heavy atom. The second-order valence-electron chi connectivity index (χ2n) is 7.00. The van der Waals surface area contributed by atoms with Crippen LogP contribution in [0.15, 0.2) is 18.2 Å². The van der Waals surface area contributed by atoms with Crippen LogP contribution in [-0.4, -0.2) is 81.1 Å². The Balaban J connectivity index is 0.000000396. The lowest BCUT2D eigenvalue weighted by atomic mass is 10.1. The predicted molar refractivity (Wildman–Crippen MR) is 92.1 cm³/mol. The third-order valence-corrected chi connectivity index (χ3v) is 5.00. The third-order valence-electron chi connectivity index (χ3n) is 5.00. The number of β-amino-alcohol motifs (C(OH)–C–C–N with tert-alkyl or cyclic N) is 1. The minimum Gasteiger partial charge on any atom is -0.475 e. The molecule has 2 heterocycles. The van der Waals surface area contributed by atoms with Crippen LogP contribution in [0.4, 0.5) is 22.0 Å². The van der Waals surface area contributed by atoms with E-state index in [0.29, 0.717) is 19.5 Å². The number of amides is 1. The number of carboxylic acids is 1. The average molecular weight is 440 g/mol. The van der Waals surface area contributed by atoms with E-state index in [1.807, 2.05) is 4.90 Å². The van der Waals surface area contributed by atoms with Crippen molar-refractivity contribution in [3.63, 3.8) is 0 Å². The molecule has 3 rings (SSSR count). The molecule has 1 aromatic carbocycles. The highest BCUT2D eigenvalue weighted by molar-refractivity contribution is 5.80. The van der Waals surface area contributed by atoms with Crippen molar-refractivity contribution in [3.8, 4) is 0 Å². The topological polar surface area (TPSA) is 101 Å². The summed E-state index contributed by atoms with van der Waals surface area (Å²) in [7, 11) is 0. The minimum absolute atomic E-state index is 0.0414. The Labute approximate surface area is 168 Å². The van der Waals surface area contributed by atoms with Crippen LogP contribution >= 0.6 is 0 Å². The van der Waals surface area contributed by atoms with Gasteiger partial charge >= 0.3 is 12.1 Å². The number of carbonyl (C=O) groups is 2. The first kappa shape index (κ1) is 24.0. The number of rotatable bonds is 5. The lowest BCUT2D eigenvalue weighted by Gasteiger charge is -2.26. The highest BCUT2D eigenvalue weighted by Gasteiger charge is 2.46. The molecule has 2 saturated heterocycles. The predicted octanol–water partition coefficient (Wildman–Crippen LogP) is 1.13. The smallest absolute Gasteiger partial charge is 0.475 e. The fraction of sp³-hybridized carbons (Fsp3) is 0.556. The molecule has 0 saturated carbocycles. The van der Waals surface area contributed by atoms with Gasteiger partial charge in [-0.05, 0) is 12.5 Å². The van der Waals surface area contributed by atoms with Crippen LogP contribution in [0.3, 0.4) is 0 Å². The summed E-state index contributed by atoms with van der Waals surface area (Å²) < 4.78 is 58.9. The molecule has 30 heavy (non-hydrogen) atoms. The first-order valence-electron chi connectivity index (χ1n) is 9.01. The molecule has 2 fully saturated rings. The Hall–Kier alpha value is -2.31. The average Bonchev–Trinajstić information content (AvgIpc) is 3.18. The molecule has 7 nitrogen and oxygen atoms in total. The molecule has 12 heteroatoms. The van der Waals surface area contributed by atoms with E-state index in [0.717, 1.165) is 12.5 Å². The Bertz CT molecular complexity index is 776. The van der Waals surface area contributed by atoms with Gasteiger partial charge < -0.3 is 20.2 Å². The van der Waals surface area contributed by atoms with Crippen molar-refractivity contribution >= 4 is 11.9 Å². The van der Waals surface area contributed by atoms with Gasteiger partial charge in [-0.3, -0.25) is 9.69 Å². The summed E-state index contributed by atoms with van der Waals surface area (Å²) >= 11 is 0. The zero-order valence-corrected chi connectivity index (χ0v) is 15.6. The van der Waals surface area contributed by atoms with Crippen LogP contribution in [-0.2, 0) is 16.1 Å². The van der Waals surface area contributed by atoms with Gasteiger partial charge in [-0.15, -0.1) is 0 Å². The number of aliphatic hydroxyl groups is 2. The fourth-order valence-corrected chi connectivity index (χ4v) is 3.62. The van der Waals surface area contributed by atoms with Gasteiger partial charge in [0.2, 0.25) is 5.91 Å². The lowest BCUT2D eigenvalue weighted by molar-refractivity contribution is -0.192. The molecule has 0 bridgehead atoms. The van der Waals surface area contributed by atoms with E-state index in [2.05, 4.69) is 0 Å². The molecule has 1 aromatic rings. The van der Waals surface area contributed by atoms with Crippen LogP contribution in [0.25, 0.3) is 0 Å². The number of likely N-dealkylation sites (tertiary alicyclic amines) is 2. The van der Waals surface area contributed by atoms with Crippen molar-refractivity contribution < 1.29 is 46.9 Å². The Morgan fingerprint density at radius 3 is 2.43 bits per heavy atom. The zero-order valence-electron chi connectivity index (χ0n) is 15.6. The van der Waals surface area contributed by atoms with E-state index in [1.165, 1.54) is 12.1 Å². The minimum atomic E-state index is -5.08. The summed E-state index contributed by atoms with van der Waals surface area (Å²) in [5.41, 5.74) is 0.174. The maximum absolute atomic E-state index is 13.8. The van der Waals surface area contributed by atoms with Crippen molar-refractivity contribution in [3.05, 3.63) is 35.4 Å². The zero-order chi connectivity index (χ0) is 22.6. The third kappa shape index (κ3) is 5.64. The number of alkyl halides is 3. The van der Waals surface area contributed by atoms with Crippen molar-refractivity contribution in [2.24, 2.45) is 0 Å². The molecule has 3 atom stereocenters. The standard InChI is InChI=1S/C16H20F2N2O3.C2HF3O2/c17-12-3-1-2-10(16(12)18)7-20-13-4-5-19(8-11(22)9-21)14(13)6-15(20)23;3-2(4,5)1(6)7/h1-3,11,13-14,21-22H,4-9H2;(H,6,7)/t11?,13-,14-;/m0./s1. The summed E-state index contributed by atoms with van der Waals surface area (Å²) in [4.78, 5) is 24.8. The molecule has 0 radical (unpaired) electrons. The summed E-state index contributed by atoms with van der Waals surface area (Å²) in [5, 5.41) is 25.7. The van der Waals surface area contributed by atoms with E-state index >= 15 is 0 Å². The molecule has 0 aliphatic carbocycles. The van der Waals surface area contributed by atoms with E-state index in [1.54, 1.807) is 4.90 Å². The summed E-state index contributed by atoms with van der Waals surface area (Å²) in [5.74, 6) is -4.67. The maximum Gasteiger partial charge on any atom is 0.490 e. The highest BCUT2D eigenvalue weighted by atomic mass is 19.4. The Kier molecular flexibility index (Phi) is 7.72. The first-order valence-corrected chi connectivity index (χ1v) is 9.01. The quantitative estimate of drug-likeness (QED) is 0.594. The SMILES string of the molecule is O=C(O)C(F)(F)F.O=C1C[C@H]2[C@H](CCN2CC(O)CO)N1Cc1cccc(F)c1F. The number of carboxylic acid groups (broad SMARTS) is 1. The van der Waals surface area contributed by atoms with Crippen molar-refractivity contribution in [2.75, 3.05) is 19.7 Å². The lowest BCUT2D eigenvalue weighted by Crippen LogP contribution is -2.40. The maximum atomic E-state index is 13.8. The van der Waals surface area contributed by atoms with Gasteiger partial charge in [0.1, 0.15) is 0 Å². The van der Waals surface area contributed by atoms with Gasteiger partial charge in [-0.1, -0.05) is 12.1 Å². The molecule has 2 aliphatic heterocycles. The number of carbonyl (C=O) groups excluding carboxylic acids is 1. The number of nitrogens with zero attached hydrogens (tertiary/aromatic N) is 2. The van der Waals surface area contributed by atoms with E-state index in [4.69, 9.17) is 15.0 Å². The molecule has 1 unspecified atom stereocenters.